The van der Waals surface area contributed by atoms with E-state index in [4.69, 9.17) is 0 Å². The van der Waals surface area contributed by atoms with Gasteiger partial charge in [-0.2, -0.15) is 0 Å². The Morgan fingerprint density at radius 1 is 1.09 bits per heavy atom. The van der Waals surface area contributed by atoms with E-state index in [1.807, 2.05) is 52.0 Å². The van der Waals surface area contributed by atoms with Crippen LogP contribution in [0.2, 0.25) is 0 Å². The predicted molar refractivity (Wildman–Crippen MR) is 94.0 cm³/mol. The molecule has 3 heteroatoms. The zero-order valence-corrected chi connectivity index (χ0v) is 14.5. The van der Waals surface area contributed by atoms with Gasteiger partial charge in [0.25, 0.3) is 0 Å². The Kier molecular flexibility index (Phi) is 4.88. The van der Waals surface area contributed by atoms with Crippen molar-refractivity contribution < 1.29 is 9.18 Å². The Bertz CT molecular complexity index is 729. The number of halogens is 1. The molecule has 0 atom stereocenters. The average Bonchev–Trinajstić information content (AvgIpc) is 2.42. The first-order chi connectivity index (χ1) is 10.7. The molecule has 0 heterocycles. The Balaban J connectivity index is 2.40. The summed E-state index contributed by atoms with van der Waals surface area (Å²) < 4.78 is 13.5. The first kappa shape index (κ1) is 17.2. The number of anilines is 1. The quantitative estimate of drug-likeness (QED) is 0.798. The van der Waals surface area contributed by atoms with Crippen LogP contribution in [0.25, 0.3) is 11.1 Å². The molecule has 0 spiro atoms. The zero-order valence-electron chi connectivity index (χ0n) is 14.5. The number of carbonyl (C=O) groups is 1. The molecule has 0 fully saturated rings. The predicted octanol–water partition coefficient (Wildman–Crippen LogP) is 5.48. The fourth-order valence-corrected chi connectivity index (χ4v) is 2.55. The van der Waals surface area contributed by atoms with Crippen molar-refractivity contribution in [3.05, 3.63) is 53.3 Å². The van der Waals surface area contributed by atoms with Gasteiger partial charge >= 0.3 is 0 Å². The lowest BCUT2D eigenvalue weighted by Crippen LogP contribution is -2.20. The molecule has 2 rings (SSSR count). The van der Waals surface area contributed by atoms with Crippen molar-refractivity contribution >= 4 is 11.6 Å². The Labute approximate surface area is 137 Å². The molecule has 2 aromatic rings. The summed E-state index contributed by atoms with van der Waals surface area (Å²) in [6, 6.07) is 10.9. The number of amides is 1. The van der Waals surface area contributed by atoms with Crippen molar-refractivity contribution in [2.24, 2.45) is 5.41 Å². The summed E-state index contributed by atoms with van der Waals surface area (Å²) in [5, 5.41) is 3.04. The third kappa shape index (κ3) is 4.41. The van der Waals surface area contributed by atoms with Crippen molar-refractivity contribution in [1.82, 2.24) is 0 Å². The number of benzene rings is 2. The van der Waals surface area contributed by atoms with Crippen molar-refractivity contribution in [3.63, 3.8) is 0 Å². The van der Waals surface area contributed by atoms with E-state index in [0.717, 1.165) is 22.4 Å². The van der Waals surface area contributed by atoms with Gasteiger partial charge in [-0.1, -0.05) is 45.0 Å². The molecule has 1 amide bonds. The number of para-hydroxylation sites is 1. The highest BCUT2D eigenvalue weighted by Gasteiger charge is 2.18. The molecular formula is C20H24FNO. The Hall–Kier alpha value is -2.16. The van der Waals surface area contributed by atoms with Gasteiger partial charge in [-0.3, -0.25) is 4.79 Å². The van der Waals surface area contributed by atoms with Gasteiger partial charge in [0.1, 0.15) is 5.82 Å². The van der Waals surface area contributed by atoms with E-state index >= 15 is 0 Å². The summed E-state index contributed by atoms with van der Waals surface area (Å²) in [6.07, 6.45) is 0.448. The van der Waals surface area contributed by atoms with Crippen LogP contribution in [0.5, 0.6) is 0 Å². The summed E-state index contributed by atoms with van der Waals surface area (Å²) in [5.74, 6) is -0.230. The standard InChI is InChI=1S/C20H24FNO/c1-13-7-6-8-16(15-9-10-17(21)14(2)11-15)19(13)22-18(23)12-20(3,4)5/h6-11H,12H2,1-5H3,(H,22,23). The van der Waals surface area contributed by atoms with Crippen molar-refractivity contribution in [3.8, 4) is 11.1 Å². The van der Waals surface area contributed by atoms with E-state index in [1.54, 1.807) is 13.0 Å². The normalized spacial score (nSPS) is 11.4. The molecule has 0 aliphatic heterocycles. The monoisotopic (exact) mass is 313 g/mol. The molecule has 0 unspecified atom stereocenters. The fourth-order valence-electron chi connectivity index (χ4n) is 2.55. The minimum Gasteiger partial charge on any atom is -0.325 e. The van der Waals surface area contributed by atoms with E-state index < -0.39 is 0 Å². The van der Waals surface area contributed by atoms with Gasteiger partial charge in [-0.05, 0) is 48.1 Å². The second-order valence-electron chi connectivity index (χ2n) is 7.25. The lowest BCUT2D eigenvalue weighted by molar-refractivity contribution is -0.117. The van der Waals surface area contributed by atoms with Crippen molar-refractivity contribution in [1.29, 1.82) is 0 Å². The fraction of sp³-hybridized carbons (Fsp3) is 0.350. The maximum absolute atomic E-state index is 13.5. The highest BCUT2D eigenvalue weighted by molar-refractivity contribution is 5.96. The summed E-state index contributed by atoms with van der Waals surface area (Å²) in [6.45, 7) is 9.82. The van der Waals surface area contributed by atoms with Gasteiger partial charge in [-0.25, -0.2) is 4.39 Å². The average molecular weight is 313 g/mol. The number of rotatable bonds is 3. The van der Waals surface area contributed by atoms with Crippen molar-refractivity contribution in [2.75, 3.05) is 5.32 Å². The number of aryl methyl sites for hydroxylation is 2. The lowest BCUT2D eigenvalue weighted by atomic mass is 9.91. The molecule has 0 saturated carbocycles. The topological polar surface area (TPSA) is 29.1 Å². The number of hydrogen-bond donors (Lipinski definition) is 1. The Morgan fingerprint density at radius 2 is 1.78 bits per heavy atom. The van der Waals surface area contributed by atoms with E-state index in [2.05, 4.69) is 5.32 Å². The highest BCUT2D eigenvalue weighted by atomic mass is 19.1. The summed E-state index contributed by atoms with van der Waals surface area (Å²) in [7, 11) is 0. The molecule has 0 saturated heterocycles. The van der Waals surface area contributed by atoms with E-state index in [1.165, 1.54) is 6.07 Å². The number of carbonyl (C=O) groups excluding carboxylic acids is 1. The van der Waals surface area contributed by atoms with Crippen LogP contribution in [0.15, 0.2) is 36.4 Å². The maximum Gasteiger partial charge on any atom is 0.224 e. The van der Waals surface area contributed by atoms with Crippen LogP contribution in [0.1, 0.15) is 38.3 Å². The lowest BCUT2D eigenvalue weighted by Gasteiger charge is -2.19. The number of nitrogens with one attached hydrogen (secondary N) is 1. The third-order valence-electron chi connectivity index (χ3n) is 3.70. The first-order valence-corrected chi connectivity index (χ1v) is 7.83. The number of hydrogen-bond acceptors (Lipinski definition) is 1. The molecule has 122 valence electrons. The zero-order chi connectivity index (χ0) is 17.2. The smallest absolute Gasteiger partial charge is 0.224 e. The van der Waals surface area contributed by atoms with E-state index in [9.17, 15) is 9.18 Å². The van der Waals surface area contributed by atoms with Gasteiger partial charge < -0.3 is 5.32 Å². The molecule has 0 aliphatic rings. The molecule has 1 N–H and O–H groups in total. The highest BCUT2D eigenvalue weighted by Crippen LogP contribution is 2.32. The molecule has 0 bridgehead atoms. The van der Waals surface area contributed by atoms with Crippen molar-refractivity contribution in [2.45, 2.75) is 41.0 Å². The third-order valence-corrected chi connectivity index (χ3v) is 3.70. The largest absolute Gasteiger partial charge is 0.325 e. The molecule has 0 radical (unpaired) electrons. The minimum atomic E-state index is -0.222. The van der Waals surface area contributed by atoms with Crippen LogP contribution in [0.3, 0.4) is 0 Å². The molecule has 0 aliphatic carbocycles. The van der Waals surface area contributed by atoms with Crippen LogP contribution in [-0.4, -0.2) is 5.91 Å². The van der Waals surface area contributed by atoms with E-state index in [-0.39, 0.29) is 17.1 Å². The van der Waals surface area contributed by atoms with Gasteiger partial charge in [-0.15, -0.1) is 0 Å². The molecule has 2 nitrogen and oxygen atoms in total. The maximum atomic E-state index is 13.5. The van der Waals surface area contributed by atoms with E-state index in [0.29, 0.717) is 12.0 Å². The van der Waals surface area contributed by atoms with Crippen LogP contribution in [-0.2, 0) is 4.79 Å². The first-order valence-electron chi connectivity index (χ1n) is 7.83. The SMILES string of the molecule is Cc1cc(-c2cccc(C)c2NC(=O)CC(C)(C)C)ccc1F. The second kappa shape index (κ2) is 6.53. The van der Waals surface area contributed by atoms with Crippen LogP contribution >= 0.6 is 0 Å². The summed E-state index contributed by atoms with van der Waals surface area (Å²) in [5.41, 5.74) is 4.13. The summed E-state index contributed by atoms with van der Waals surface area (Å²) in [4.78, 5) is 12.3. The van der Waals surface area contributed by atoms with Crippen LogP contribution in [0.4, 0.5) is 10.1 Å². The molecular weight excluding hydrogens is 289 g/mol. The van der Waals surface area contributed by atoms with Gasteiger partial charge in [0.15, 0.2) is 0 Å². The van der Waals surface area contributed by atoms with Gasteiger partial charge in [0, 0.05) is 12.0 Å². The second-order valence-corrected chi connectivity index (χ2v) is 7.25. The molecule has 0 aromatic heterocycles. The minimum absolute atomic E-state index is 0.00752. The summed E-state index contributed by atoms with van der Waals surface area (Å²) >= 11 is 0. The van der Waals surface area contributed by atoms with Gasteiger partial charge in [0.2, 0.25) is 5.91 Å². The Morgan fingerprint density at radius 3 is 2.39 bits per heavy atom. The van der Waals surface area contributed by atoms with Crippen LogP contribution < -0.4 is 5.32 Å². The molecule has 2 aromatic carbocycles. The van der Waals surface area contributed by atoms with Crippen LogP contribution in [0, 0.1) is 25.1 Å². The molecule has 23 heavy (non-hydrogen) atoms. The van der Waals surface area contributed by atoms with Gasteiger partial charge in [0.05, 0.1) is 5.69 Å².